The number of hydrogen-bond acceptors (Lipinski definition) is 5. The van der Waals surface area contributed by atoms with E-state index in [9.17, 15) is 10.1 Å². The highest BCUT2D eigenvalue weighted by molar-refractivity contribution is 5.15. The Morgan fingerprint density at radius 3 is 2.24 bits per heavy atom. The van der Waals surface area contributed by atoms with Gasteiger partial charge in [0, 0.05) is 19.6 Å². The number of piperidine rings is 1. The van der Waals surface area contributed by atoms with E-state index in [0.717, 1.165) is 44.4 Å². The zero-order valence-corrected chi connectivity index (χ0v) is 16.8. The van der Waals surface area contributed by atoms with Gasteiger partial charge in [-0.25, -0.2) is 0 Å². The molecule has 2 aromatic rings. The van der Waals surface area contributed by atoms with Crippen molar-refractivity contribution in [3.63, 3.8) is 0 Å². The fourth-order valence-electron chi connectivity index (χ4n) is 3.74. The summed E-state index contributed by atoms with van der Waals surface area (Å²) in [6.07, 6.45) is 4.41. The van der Waals surface area contributed by atoms with Crippen LogP contribution in [0.2, 0.25) is 0 Å². The number of benzene rings is 2. The second-order valence-corrected chi connectivity index (χ2v) is 7.59. The Morgan fingerprint density at radius 1 is 1.00 bits per heavy atom. The van der Waals surface area contributed by atoms with Crippen LogP contribution in [0, 0.1) is 16.0 Å². The van der Waals surface area contributed by atoms with E-state index in [1.54, 1.807) is 0 Å². The van der Waals surface area contributed by atoms with Gasteiger partial charge in [-0.3, -0.25) is 15.0 Å². The van der Waals surface area contributed by atoms with Gasteiger partial charge >= 0.3 is 0 Å². The molecule has 1 fully saturated rings. The Bertz CT molecular complexity index is 772. The standard InChI is InChI=1S/C23H30N4O2/c28-27(29)19-23(25-17-21-7-3-1-4-8-21)24-14-11-20-12-15-26(16-13-20)18-22-9-5-2-6-10-22/h1-10,19-20,24-25H,11-18H2/b23-19-. The monoisotopic (exact) mass is 394 g/mol. The summed E-state index contributed by atoms with van der Waals surface area (Å²) in [7, 11) is 0. The second kappa shape index (κ2) is 11.2. The molecule has 6 heteroatoms. The van der Waals surface area contributed by atoms with Gasteiger partial charge in [-0.2, -0.15) is 0 Å². The van der Waals surface area contributed by atoms with Gasteiger partial charge in [0.05, 0.1) is 4.92 Å². The Labute approximate surface area is 172 Å². The Balaban J connectivity index is 1.38. The van der Waals surface area contributed by atoms with Crippen molar-refractivity contribution in [2.45, 2.75) is 32.4 Å². The summed E-state index contributed by atoms with van der Waals surface area (Å²) in [4.78, 5) is 13.0. The lowest BCUT2D eigenvalue weighted by Gasteiger charge is -2.32. The maximum absolute atomic E-state index is 10.9. The molecule has 1 heterocycles. The van der Waals surface area contributed by atoms with Crippen LogP contribution in [0.4, 0.5) is 0 Å². The minimum atomic E-state index is -0.414. The number of nitrogens with one attached hydrogen (secondary N) is 2. The van der Waals surface area contributed by atoms with Crippen LogP contribution in [0.25, 0.3) is 0 Å². The van der Waals surface area contributed by atoms with Gasteiger partial charge in [0.1, 0.15) is 0 Å². The number of hydrogen-bond donors (Lipinski definition) is 2. The van der Waals surface area contributed by atoms with E-state index < -0.39 is 4.92 Å². The van der Waals surface area contributed by atoms with E-state index in [0.29, 0.717) is 18.3 Å². The highest BCUT2D eigenvalue weighted by Gasteiger charge is 2.19. The summed E-state index contributed by atoms with van der Waals surface area (Å²) in [5.41, 5.74) is 2.46. The summed E-state index contributed by atoms with van der Waals surface area (Å²) in [5.74, 6) is 1.14. The fourth-order valence-corrected chi connectivity index (χ4v) is 3.74. The molecule has 1 aliphatic rings. The molecular weight excluding hydrogens is 364 g/mol. The maximum Gasteiger partial charge on any atom is 0.274 e. The third kappa shape index (κ3) is 7.58. The zero-order valence-electron chi connectivity index (χ0n) is 16.8. The third-order valence-corrected chi connectivity index (χ3v) is 5.38. The predicted molar refractivity (Wildman–Crippen MR) is 115 cm³/mol. The number of nitrogens with zero attached hydrogens (tertiary/aromatic N) is 2. The zero-order chi connectivity index (χ0) is 20.3. The van der Waals surface area contributed by atoms with E-state index >= 15 is 0 Å². The lowest BCUT2D eigenvalue weighted by molar-refractivity contribution is -0.404. The molecule has 0 aromatic heterocycles. The first-order valence-corrected chi connectivity index (χ1v) is 10.3. The molecule has 29 heavy (non-hydrogen) atoms. The lowest BCUT2D eigenvalue weighted by atomic mass is 9.93. The minimum absolute atomic E-state index is 0.414. The van der Waals surface area contributed by atoms with Gasteiger partial charge < -0.3 is 10.6 Å². The van der Waals surface area contributed by atoms with Crippen molar-refractivity contribution >= 4 is 0 Å². The van der Waals surface area contributed by atoms with E-state index in [-0.39, 0.29) is 0 Å². The van der Waals surface area contributed by atoms with Crippen LogP contribution < -0.4 is 10.6 Å². The molecule has 154 valence electrons. The highest BCUT2D eigenvalue weighted by atomic mass is 16.6. The van der Waals surface area contributed by atoms with Crippen molar-refractivity contribution in [1.29, 1.82) is 0 Å². The molecule has 0 unspecified atom stereocenters. The summed E-state index contributed by atoms with van der Waals surface area (Å²) < 4.78 is 0. The minimum Gasteiger partial charge on any atom is -0.367 e. The Kier molecular flexibility index (Phi) is 8.07. The van der Waals surface area contributed by atoms with Crippen LogP contribution in [-0.2, 0) is 13.1 Å². The second-order valence-electron chi connectivity index (χ2n) is 7.59. The van der Waals surface area contributed by atoms with E-state index in [1.807, 2.05) is 30.3 Å². The average molecular weight is 395 g/mol. The largest absolute Gasteiger partial charge is 0.367 e. The molecule has 1 saturated heterocycles. The van der Waals surface area contributed by atoms with E-state index in [2.05, 4.69) is 45.9 Å². The molecule has 0 aliphatic carbocycles. The van der Waals surface area contributed by atoms with Gasteiger partial charge in [0.25, 0.3) is 6.20 Å². The number of rotatable bonds is 10. The molecule has 0 radical (unpaired) electrons. The van der Waals surface area contributed by atoms with E-state index in [1.165, 1.54) is 18.4 Å². The molecule has 2 N–H and O–H groups in total. The first-order chi connectivity index (χ1) is 14.2. The van der Waals surface area contributed by atoms with Gasteiger partial charge in [-0.1, -0.05) is 60.7 Å². The van der Waals surface area contributed by atoms with Crippen molar-refractivity contribution in [1.82, 2.24) is 15.5 Å². The van der Waals surface area contributed by atoms with Crippen LogP contribution in [-0.4, -0.2) is 29.5 Å². The van der Waals surface area contributed by atoms with Crippen molar-refractivity contribution in [2.75, 3.05) is 19.6 Å². The number of likely N-dealkylation sites (tertiary alicyclic amines) is 1. The van der Waals surface area contributed by atoms with Gasteiger partial charge in [0.2, 0.25) is 0 Å². The van der Waals surface area contributed by atoms with Gasteiger partial charge in [-0.05, 0) is 49.4 Å². The van der Waals surface area contributed by atoms with E-state index in [4.69, 9.17) is 0 Å². The first-order valence-electron chi connectivity index (χ1n) is 10.3. The van der Waals surface area contributed by atoms with Crippen LogP contribution >= 0.6 is 0 Å². The molecule has 1 aliphatic heterocycles. The molecule has 0 atom stereocenters. The van der Waals surface area contributed by atoms with Crippen molar-refractivity contribution in [2.24, 2.45) is 5.92 Å². The van der Waals surface area contributed by atoms with Crippen LogP contribution in [0.1, 0.15) is 30.4 Å². The Hall–Kier alpha value is -2.86. The topological polar surface area (TPSA) is 70.4 Å². The maximum atomic E-state index is 10.9. The summed E-state index contributed by atoms with van der Waals surface area (Å²) in [5, 5.41) is 17.3. The number of nitro groups is 1. The Morgan fingerprint density at radius 2 is 1.62 bits per heavy atom. The van der Waals surface area contributed by atoms with Crippen LogP contribution in [0.15, 0.2) is 72.7 Å². The highest BCUT2D eigenvalue weighted by Crippen LogP contribution is 2.21. The molecule has 0 amide bonds. The molecule has 0 bridgehead atoms. The molecule has 2 aromatic carbocycles. The normalized spacial score (nSPS) is 15.8. The van der Waals surface area contributed by atoms with Crippen LogP contribution in [0.5, 0.6) is 0 Å². The summed E-state index contributed by atoms with van der Waals surface area (Å²) in [6.45, 7) is 4.55. The summed E-state index contributed by atoms with van der Waals surface area (Å²) >= 11 is 0. The molecular formula is C23H30N4O2. The first kappa shape index (κ1) is 20.9. The predicted octanol–water partition coefficient (Wildman–Crippen LogP) is 3.74. The fraction of sp³-hybridized carbons (Fsp3) is 0.391. The summed E-state index contributed by atoms with van der Waals surface area (Å²) in [6, 6.07) is 20.5. The molecule has 6 nitrogen and oxygen atoms in total. The van der Waals surface area contributed by atoms with Gasteiger partial charge in [0.15, 0.2) is 5.82 Å². The lowest BCUT2D eigenvalue weighted by Crippen LogP contribution is -2.35. The quantitative estimate of drug-likeness (QED) is 0.474. The van der Waals surface area contributed by atoms with Crippen molar-refractivity contribution < 1.29 is 4.92 Å². The van der Waals surface area contributed by atoms with Crippen molar-refractivity contribution in [3.05, 3.63) is 93.9 Å². The SMILES string of the molecule is O=[N+]([O-])/C=C(/NCCC1CCN(Cc2ccccc2)CC1)NCc1ccccc1. The molecule has 0 saturated carbocycles. The van der Waals surface area contributed by atoms with Crippen LogP contribution in [0.3, 0.4) is 0 Å². The van der Waals surface area contributed by atoms with Gasteiger partial charge in [-0.15, -0.1) is 0 Å². The smallest absolute Gasteiger partial charge is 0.274 e. The molecule has 3 rings (SSSR count). The molecule has 0 spiro atoms. The average Bonchev–Trinajstić information content (AvgIpc) is 2.74. The third-order valence-electron chi connectivity index (χ3n) is 5.38. The van der Waals surface area contributed by atoms with Crippen molar-refractivity contribution in [3.8, 4) is 0 Å².